The lowest BCUT2D eigenvalue weighted by atomic mass is 10.0. The Morgan fingerprint density at radius 3 is 2.61 bits per heavy atom. The number of hydrogen-bond donors (Lipinski definition) is 1. The number of nitrogens with one attached hydrogen (secondary N) is 1. The molecule has 1 aromatic carbocycles. The number of nitrogens with zero attached hydrogens (tertiary/aromatic N) is 4. The van der Waals surface area contributed by atoms with Crippen LogP contribution < -0.4 is 5.32 Å². The Kier molecular flexibility index (Phi) is 4.48. The molecule has 0 bridgehead atoms. The molecule has 4 aromatic rings. The molecule has 1 N–H and O–H groups in total. The van der Waals surface area contributed by atoms with Crippen molar-refractivity contribution in [2.45, 2.75) is 32.6 Å². The molecular formula is C22H27N5S. The highest BCUT2D eigenvalue weighted by Gasteiger charge is 2.38. The number of aryl methyl sites for hydroxylation is 1. The van der Waals surface area contributed by atoms with Crippen LogP contribution in [0.25, 0.3) is 26.3 Å². The van der Waals surface area contributed by atoms with Crippen LogP contribution in [0.4, 0.5) is 0 Å². The van der Waals surface area contributed by atoms with Crippen LogP contribution in [0.15, 0.2) is 36.8 Å². The summed E-state index contributed by atoms with van der Waals surface area (Å²) >= 11 is 1.78. The van der Waals surface area contributed by atoms with Gasteiger partial charge in [0.2, 0.25) is 0 Å². The number of rotatable bonds is 2. The molecule has 0 amide bonds. The van der Waals surface area contributed by atoms with E-state index in [1.165, 1.54) is 47.5 Å². The highest BCUT2D eigenvalue weighted by Crippen LogP contribution is 2.44. The van der Waals surface area contributed by atoms with E-state index in [1.807, 2.05) is 25.6 Å². The van der Waals surface area contributed by atoms with Gasteiger partial charge in [-0.05, 0) is 55.5 Å². The van der Waals surface area contributed by atoms with Gasteiger partial charge in [0.05, 0.1) is 16.1 Å². The normalized spacial score (nSPS) is 23.9. The molecule has 1 aliphatic carbocycles. The van der Waals surface area contributed by atoms with Gasteiger partial charge >= 0.3 is 0 Å². The van der Waals surface area contributed by atoms with E-state index in [0.29, 0.717) is 5.92 Å². The molecular weight excluding hydrogens is 366 g/mol. The van der Waals surface area contributed by atoms with E-state index < -0.39 is 0 Å². The first-order valence-corrected chi connectivity index (χ1v) is 11.2. The second-order valence-corrected chi connectivity index (χ2v) is 8.88. The molecule has 1 saturated heterocycles. The maximum absolute atomic E-state index is 4.98. The third-order valence-corrected chi connectivity index (χ3v) is 7.20. The zero-order valence-electron chi connectivity index (χ0n) is 16.7. The van der Waals surface area contributed by atoms with Gasteiger partial charge in [0.15, 0.2) is 4.96 Å². The van der Waals surface area contributed by atoms with Gasteiger partial charge in [-0.1, -0.05) is 31.3 Å². The Morgan fingerprint density at radius 2 is 1.86 bits per heavy atom. The number of thiazole rings is 1. The van der Waals surface area contributed by atoms with Crippen molar-refractivity contribution in [3.05, 3.63) is 42.5 Å². The van der Waals surface area contributed by atoms with E-state index in [9.17, 15) is 0 Å². The molecule has 0 radical (unpaired) electrons. The van der Waals surface area contributed by atoms with Gasteiger partial charge in [-0.15, -0.1) is 0 Å². The predicted molar refractivity (Wildman–Crippen MR) is 116 cm³/mol. The van der Waals surface area contributed by atoms with Crippen molar-refractivity contribution >= 4 is 27.2 Å². The minimum Gasteiger partial charge on any atom is -0.316 e. The first-order valence-electron chi connectivity index (χ1n) is 10.4. The summed E-state index contributed by atoms with van der Waals surface area (Å²) < 4.78 is 4.09. The summed E-state index contributed by atoms with van der Waals surface area (Å²) in [4.78, 5) is 7.35. The lowest BCUT2D eigenvalue weighted by Crippen LogP contribution is -2.11. The summed E-state index contributed by atoms with van der Waals surface area (Å²) in [7, 11) is 1.97. The van der Waals surface area contributed by atoms with E-state index in [-0.39, 0.29) is 0 Å². The number of imidazole rings is 1. The number of aromatic nitrogens is 4. The summed E-state index contributed by atoms with van der Waals surface area (Å²) in [6, 6.07) is 6.48. The van der Waals surface area contributed by atoms with Crippen LogP contribution in [0.2, 0.25) is 0 Å². The lowest BCUT2D eigenvalue weighted by Gasteiger charge is -2.07. The Balaban J connectivity index is 0.000000829. The fourth-order valence-electron chi connectivity index (χ4n) is 4.85. The van der Waals surface area contributed by atoms with Crippen LogP contribution in [-0.2, 0) is 7.05 Å². The van der Waals surface area contributed by atoms with Crippen molar-refractivity contribution in [2.24, 2.45) is 18.9 Å². The summed E-state index contributed by atoms with van der Waals surface area (Å²) in [5.74, 6) is 2.37. The predicted octanol–water partition coefficient (Wildman–Crippen LogP) is 4.69. The quantitative estimate of drug-likeness (QED) is 0.537. The molecule has 1 aliphatic heterocycles. The van der Waals surface area contributed by atoms with Crippen molar-refractivity contribution in [2.75, 3.05) is 13.1 Å². The van der Waals surface area contributed by atoms with Gasteiger partial charge in [-0.25, -0.2) is 4.98 Å². The number of fused-ring (bicyclic) bond motifs is 3. The minimum atomic E-state index is 0.648. The van der Waals surface area contributed by atoms with Crippen LogP contribution in [0.5, 0.6) is 0 Å². The molecule has 0 spiro atoms. The second-order valence-electron chi connectivity index (χ2n) is 7.87. The zero-order valence-corrected chi connectivity index (χ0v) is 17.5. The van der Waals surface area contributed by atoms with Crippen molar-refractivity contribution < 1.29 is 0 Å². The smallest absolute Gasteiger partial charge is 0.194 e. The van der Waals surface area contributed by atoms with E-state index in [4.69, 9.17) is 4.98 Å². The average Bonchev–Trinajstić information content (AvgIpc) is 3.45. The van der Waals surface area contributed by atoms with Crippen molar-refractivity contribution in [3.8, 4) is 10.4 Å². The van der Waals surface area contributed by atoms with Crippen LogP contribution in [0, 0.1) is 11.8 Å². The fraction of sp³-hybridized carbons (Fsp3) is 0.455. The standard InChI is InChI=1S/C20H21N5S.C2H6/c1-24-9-16-4-12(2-3-17(16)23-24)19-11-25-10-18(22-20(25)26-19)13-5-14-7-21-8-15(14)6-13;1-2/h2-4,9-11,13-15,21H,5-8H2,1H3;1-2H3. The summed E-state index contributed by atoms with van der Waals surface area (Å²) in [6.45, 7) is 6.40. The van der Waals surface area contributed by atoms with Gasteiger partial charge in [-0.2, -0.15) is 5.10 Å². The zero-order chi connectivity index (χ0) is 19.3. The van der Waals surface area contributed by atoms with E-state index in [1.54, 1.807) is 11.3 Å². The molecule has 2 unspecified atom stereocenters. The molecule has 2 aliphatic rings. The van der Waals surface area contributed by atoms with Crippen LogP contribution >= 0.6 is 11.3 Å². The monoisotopic (exact) mass is 393 g/mol. The Hall–Kier alpha value is -2.18. The van der Waals surface area contributed by atoms with Crippen molar-refractivity contribution in [1.29, 1.82) is 0 Å². The summed E-state index contributed by atoms with van der Waals surface area (Å²) in [6.07, 6.45) is 9.16. The van der Waals surface area contributed by atoms with E-state index in [2.05, 4.69) is 51.6 Å². The number of benzene rings is 1. The average molecular weight is 394 g/mol. The van der Waals surface area contributed by atoms with Crippen molar-refractivity contribution in [1.82, 2.24) is 24.5 Å². The van der Waals surface area contributed by atoms with Gasteiger partial charge < -0.3 is 5.32 Å². The first kappa shape index (κ1) is 17.9. The third-order valence-electron chi connectivity index (χ3n) is 6.15. The Morgan fingerprint density at radius 1 is 1.07 bits per heavy atom. The second kappa shape index (κ2) is 7.01. The largest absolute Gasteiger partial charge is 0.316 e. The van der Waals surface area contributed by atoms with Crippen LogP contribution in [0.1, 0.15) is 38.3 Å². The molecule has 2 fully saturated rings. The maximum atomic E-state index is 4.98. The van der Waals surface area contributed by atoms with Gasteiger partial charge in [-0.3, -0.25) is 9.08 Å². The molecule has 4 heterocycles. The fourth-order valence-corrected chi connectivity index (χ4v) is 5.82. The molecule has 5 nitrogen and oxygen atoms in total. The minimum absolute atomic E-state index is 0.648. The Bertz CT molecular complexity index is 1080. The van der Waals surface area contributed by atoms with Gasteiger partial charge in [0, 0.05) is 36.9 Å². The maximum Gasteiger partial charge on any atom is 0.194 e. The molecule has 6 rings (SSSR count). The third kappa shape index (κ3) is 2.95. The summed E-state index contributed by atoms with van der Waals surface area (Å²) in [5, 5.41) is 9.17. The molecule has 6 heteroatoms. The topological polar surface area (TPSA) is 47.1 Å². The number of hydrogen-bond acceptors (Lipinski definition) is 4. The molecule has 1 saturated carbocycles. The highest BCUT2D eigenvalue weighted by molar-refractivity contribution is 7.20. The molecule has 3 aromatic heterocycles. The van der Waals surface area contributed by atoms with E-state index >= 15 is 0 Å². The van der Waals surface area contributed by atoms with Crippen molar-refractivity contribution in [3.63, 3.8) is 0 Å². The molecule has 28 heavy (non-hydrogen) atoms. The Labute approximate surface area is 169 Å². The van der Waals surface area contributed by atoms with Crippen LogP contribution in [0.3, 0.4) is 0 Å². The van der Waals surface area contributed by atoms with Gasteiger partial charge in [0.1, 0.15) is 0 Å². The molecule has 2 atom stereocenters. The highest BCUT2D eigenvalue weighted by atomic mass is 32.1. The van der Waals surface area contributed by atoms with E-state index in [0.717, 1.165) is 22.3 Å². The lowest BCUT2D eigenvalue weighted by molar-refractivity contribution is 0.494. The summed E-state index contributed by atoms with van der Waals surface area (Å²) in [5.41, 5.74) is 3.57. The molecule has 146 valence electrons. The SMILES string of the molecule is CC.Cn1cc2cc(-c3cn4cc(C5CC6CNCC6C5)nc4s3)ccc2n1. The first-order chi connectivity index (χ1) is 13.7. The van der Waals surface area contributed by atoms with Crippen LogP contribution in [-0.4, -0.2) is 32.3 Å². The van der Waals surface area contributed by atoms with Gasteiger partial charge in [0.25, 0.3) is 0 Å².